The summed E-state index contributed by atoms with van der Waals surface area (Å²) < 4.78 is 5.80. The van der Waals surface area contributed by atoms with Crippen molar-refractivity contribution in [3.8, 4) is 17.0 Å². The number of para-hydroxylation sites is 1. The molecule has 0 aliphatic carbocycles. The van der Waals surface area contributed by atoms with E-state index in [1.807, 2.05) is 30.3 Å². The van der Waals surface area contributed by atoms with Crippen molar-refractivity contribution < 1.29 is 4.74 Å². The minimum atomic E-state index is 0.628. The van der Waals surface area contributed by atoms with Crippen LogP contribution in [0.15, 0.2) is 54.6 Å². The van der Waals surface area contributed by atoms with Gasteiger partial charge in [0.1, 0.15) is 18.1 Å². The van der Waals surface area contributed by atoms with Crippen molar-refractivity contribution in [1.29, 1.82) is 0 Å². The molecule has 0 unspecified atom stereocenters. The predicted octanol–water partition coefficient (Wildman–Crippen LogP) is 3.79. The molecule has 0 atom stereocenters. The smallest absolute Gasteiger partial charge is 0.146 e. The Balaban J connectivity index is 2.06. The number of fused-ring (bicyclic) bond motifs is 4. The summed E-state index contributed by atoms with van der Waals surface area (Å²) >= 11 is 0. The number of hydrogen-bond acceptors (Lipinski definition) is 2. The zero-order valence-electron chi connectivity index (χ0n) is 9.76. The lowest BCUT2D eigenvalue weighted by molar-refractivity contribution is 0.301. The summed E-state index contributed by atoms with van der Waals surface area (Å²) in [6, 6.07) is 18.5. The fourth-order valence-electron chi connectivity index (χ4n) is 2.43. The minimum Gasteiger partial charge on any atom is -0.487 e. The van der Waals surface area contributed by atoms with Crippen LogP contribution in [0.4, 0.5) is 0 Å². The van der Waals surface area contributed by atoms with E-state index in [-0.39, 0.29) is 0 Å². The maximum absolute atomic E-state index is 5.80. The van der Waals surface area contributed by atoms with Crippen LogP contribution in [0.2, 0.25) is 0 Å². The Labute approximate surface area is 105 Å². The first-order valence-electron chi connectivity index (χ1n) is 6.03. The molecule has 3 aromatic rings. The van der Waals surface area contributed by atoms with Crippen LogP contribution in [-0.4, -0.2) is 4.98 Å². The molecule has 4 rings (SSSR count). The molecule has 0 radical (unpaired) electrons. The number of rotatable bonds is 0. The van der Waals surface area contributed by atoms with Crippen LogP contribution in [0, 0.1) is 0 Å². The van der Waals surface area contributed by atoms with Gasteiger partial charge in [0.15, 0.2) is 0 Å². The molecule has 1 aromatic heterocycles. The van der Waals surface area contributed by atoms with Gasteiger partial charge in [-0.25, -0.2) is 4.98 Å². The van der Waals surface area contributed by atoms with Crippen molar-refractivity contribution in [2.75, 3.05) is 0 Å². The standard InChI is InChI=1S/C16H11NO/c1-3-7-13-12(6-1)10-18-15-9-11-5-2-4-8-14(11)17-16(13)15/h1-9H,10H2. The average Bonchev–Trinajstić information content (AvgIpc) is 2.45. The number of nitrogens with zero attached hydrogens (tertiary/aromatic N) is 1. The van der Waals surface area contributed by atoms with Crippen LogP contribution in [0.25, 0.3) is 22.2 Å². The lowest BCUT2D eigenvalue weighted by atomic mass is 10.0. The SMILES string of the molecule is c1ccc2c(c1)COc1cc3ccccc3nc1-2. The monoisotopic (exact) mass is 233 g/mol. The van der Waals surface area contributed by atoms with Gasteiger partial charge < -0.3 is 4.74 Å². The lowest BCUT2D eigenvalue weighted by Crippen LogP contribution is -2.06. The quantitative estimate of drug-likeness (QED) is 0.589. The van der Waals surface area contributed by atoms with Gasteiger partial charge in [-0.15, -0.1) is 0 Å². The molecule has 2 heteroatoms. The van der Waals surface area contributed by atoms with Crippen molar-refractivity contribution in [2.24, 2.45) is 0 Å². The molecular formula is C16H11NO. The second kappa shape index (κ2) is 3.57. The molecule has 0 saturated carbocycles. The van der Waals surface area contributed by atoms with Gasteiger partial charge in [0.05, 0.1) is 5.52 Å². The van der Waals surface area contributed by atoms with Gasteiger partial charge >= 0.3 is 0 Å². The zero-order chi connectivity index (χ0) is 11.9. The van der Waals surface area contributed by atoms with Crippen molar-refractivity contribution >= 4 is 10.9 Å². The topological polar surface area (TPSA) is 22.1 Å². The van der Waals surface area contributed by atoms with Crippen LogP contribution >= 0.6 is 0 Å². The maximum Gasteiger partial charge on any atom is 0.146 e. The number of pyridine rings is 1. The maximum atomic E-state index is 5.80. The van der Waals surface area contributed by atoms with Crippen molar-refractivity contribution in [2.45, 2.75) is 6.61 Å². The van der Waals surface area contributed by atoms with E-state index in [1.165, 1.54) is 11.1 Å². The van der Waals surface area contributed by atoms with E-state index in [0.29, 0.717) is 6.61 Å². The molecule has 0 fully saturated rings. The van der Waals surface area contributed by atoms with Crippen molar-refractivity contribution in [3.05, 3.63) is 60.2 Å². The average molecular weight is 233 g/mol. The van der Waals surface area contributed by atoms with E-state index in [2.05, 4.69) is 24.3 Å². The number of benzene rings is 2. The number of aromatic nitrogens is 1. The van der Waals surface area contributed by atoms with E-state index >= 15 is 0 Å². The highest BCUT2D eigenvalue weighted by Crippen LogP contribution is 2.37. The molecule has 0 N–H and O–H groups in total. The Morgan fingerprint density at radius 2 is 1.78 bits per heavy atom. The first kappa shape index (κ1) is 9.66. The first-order valence-corrected chi connectivity index (χ1v) is 6.03. The number of hydrogen-bond donors (Lipinski definition) is 0. The summed E-state index contributed by atoms with van der Waals surface area (Å²) in [7, 11) is 0. The van der Waals surface area contributed by atoms with Crippen molar-refractivity contribution in [3.63, 3.8) is 0 Å². The second-order valence-electron chi connectivity index (χ2n) is 4.47. The Hall–Kier alpha value is -2.35. The van der Waals surface area contributed by atoms with Gasteiger partial charge in [0.2, 0.25) is 0 Å². The molecular weight excluding hydrogens is 222 g/mol. The third kappa shape index (κ3) is 1.32. The normalized spacial score (nSPS) is 12.7. The molecule has 0 spiro atoms. The fraction of sp³-hybridized carbons (Fsp3) is 0.0625. The molecule has 86 valence electrons. The minimum absolute atomic E-state index is 0.628. The molecule has 1 aliphatic rings. The van der Waals surface area contributed by atoms with Gasteiger partial charge in [0.25, 0.3) is 0 Å². The van der Waals surface area contributed by atoms with Crippen LogP contribution < -0.4 is 4.74 Å². The lowest BCUT2D eigenvalue weighted by Gasteiger charge is -2.20. The highest BCUT2D eigenvalue weighted by molar-refractivity contribution is 5.86. The van der Waals surface area contributed by atoms with Gasteiger partial charge in [-0.05, 0) is 17.7 Å². The summed E-state index contributed by atoms with van der Waals surface area (Å²) in [6.45, 7) is 0.628. The Morgan fingerprint density at radius 3 is 2.78 bits per heavy atom. The zero-order valence-corrected chi connectivity index (χ0v) is 9.76. The second-order valence-corrected chi connectivity index (χ2v) is 4.47. The molecule has 0 bridgehead atoms. The Kier molecular flexibility index (Phi) is 1.92. The third-order valence-electron chi connectivity index (χ3n) is 3.34. The molecule has 0 amide bonds. The van der Waals surface area contributed by atoms with E-state index < -0.39 is 0 Å². The molecule has 2 heterocycles. The van der Waals surface area contributed by atoms with Gasteiger partial charge in [-0.1, -0.05) is 42.5 Å². The van der Waals surface area contributed by atoms with Crippen LogP contribution in [0.5, 0.6) is 5.75 Å². The summed E-state index contributed by atoms with van der Waals surface area (Å²) in [5, 5.41) is 1.12. The fourth-order valence-corrected chi connectivity index (χ4v) is 2.43. The Bertz CT molecular complexity index is 749. The van der Waals surface area contributed by atoms with Crippen LogP contribution in [0.3, 0.4) is 0 Å². The molecule has 1 aliphatic heterocycles. The summed E-state index contributed by atoms with van der Waals surface area (Å²) in [6.07, 6.45) is 0. The highest BCUT2D eigenvalue weighted by Gasteiger charge is 2.18. The van der Waals surface area contributed by atoms with E-state index in [1.54, 1.807) is 0 Å². The molecule has 18 heavy (non-hydrogen) atoms. The largest absolute Gasteiger partial charge is 0.487 e. The van der Waals surface area contributed by atoms with Crippen LogP contribution in [-0.2, 0) is 6.61 Å². The first-order chi connectivity index (χ1) is 8.92. The third-order valence-corrected chi connectivity index (χ3v) is 3.34. The molecule has 2 aromatic carbocycles. The highest BCUT2D eigenvalue weighted by atomic mass is 16.5. The van der Waals surface area contributed by atoms with Gasteiger partial charge in [0, 0.05) is 10.9 Å². The summed E-state index contributed by atoms with van der Waals surface area (Å²) in [4.78, 5) is 4.73. The summed E-state index contributed by atoms with van der Waals surface area (Å²) in [5.41, 5.74) is 4.35. The van der Waals surface area contributed by atoms with Gasteiger partial charge in [-0.3, -0.25) is 0 Å². The number of ether oxygens (including phenoxy) is 1. The molecule has 0 saturated heterocycles. The molecule has 2 nitrogen and oxygen atoms in total. The Morgan fingerprint density at radius 1 is 0.944 bits per heavy atom. The van der Waals surface area contributed by atoms with E-state index in [0.717, 1.165) is 22.3 Å². The van der Waals surface area contributed by atoms with E-state index in [9.17, 15) is 0 Å². The van der Waals surface area contributed by atoms with Crippen molar-refractivity contribution in [1.82, 2.24) is 4.98 Å². The predicted molar refractivity (Wildman–Crippen MR) is 71.5 cm³/mol. The van der Waals surface area contributed by atoms with Crippen LogP contribution in [0.1, 0.15) is 5.56 Å². The van der Waals surface area contributed by atoms with E-state index in [4.69, 9.17) is 9.72 Å². The van der Waals surface area contributed by atoms with Gasteiger partial charge in [-0.2, -0.15) is 0 Å². The summed E-state index contributed by atoms with van der Waals surface area (Å²) in [5.74, 6) is 0.882.